The molecule has 3 unspecified atom stereocenters. The van der Waals surface area contributed by atoms with Crippen molar-refractivity contribution in [3.8, 4) is 0 Å². The molecule has 1 aliphatic heterocycles. The van der Waals surface area contributed by atoms with Crippen molar-refractivity contribution in [2.45, 2.75) is 56.9 Å². The highest BCUT2D eigenvalue weighted by atomic mass is 19.1. The van der Waals surface area contributed by atoms with Crippen molar-refractivity contribution in [1.82, 2.24) is 25.0 Å². The molecule has 11 heteroatoms. The van der Waals surface area contributed by atoms with Gasteiger partial charge in [0.15, 0.2) is 0 Å². The topological polar surface area (TPSA) is 110 Å². The van der Waals surface area contributed by atoms with E-state index in [1.165, 1.54) is 6.92 Å². The van der Waals surface area contributed by atoms with Crippen LogP contribution in [0.1, 0.15) is 53.9 Å². The first-order valence-corrected chi connectivity index (χ1v) is 11.8. The van der Waals surface area contributed by atoms with E-state index in [0.29, 0.717) is 16.8 Å². The van der Waals surface area contributed by atoms with Crippen molar-refractivity contribution in [1.29, 1.82) is 0 Å². The largest absolute Gasteiger partial charge is 0.437 e. The molecule has 9 nitrogen and oxygen atoms in total. The Balaban J connectivity index is 1.38. The van der Waals surface area contributed by atoms with Crippen LogP contribution in [0.5, 0.6) is 0 Å². The highest BCUT2D eigenvalue weighted by Gasteiger charge is 2.41. The first-order chi connectivity index (χ1) is 17.3. The van der Waals surface area contributed by atoms with Gasteiger partial charge in [-0.1, -0.05) is 36.4 Å². The number of halogens is 2. The molecule has 1 saturated carbocycles. The van der Waals surface area contributed by atoms with E-state index in [1.54, 1.807) is 36.4 Å². The Labute approximate surface area is 205 Å². The minimum Gasteiger partial charge on any atom is -0.393 e. The predicted molar refractivity (Wildman–Crippen MR) is 123 cm³/mol. The van der Waals surface area contributed by atoms with Crippen LogP contribution in [0.3, 0.4) is 0 Å². The number of pyridine rings is 1. The van der Waals surface area contributed by atoms with Gasteiger partial charge in [-0.3, -0.25) is 9.59 Å². The highest BCUT2D eigenvalue weighted by molar-refractivity contribution is 5.88. The molecule has 3 atom stereocenters. The quantitative estimate of drug-likeness (QED) is 0.502. The summed E-state index contributed by atoms with van der Waals surface area (Å²) >= 11 is 0. The molecule has 5 rings (SSSR count). The summed E-state index contributed by atoms with van der Waals surface area (Å²) in [7, 11) is 0. The van der Waals surface area contributed by atoms with E-state index in [2.05, 4.69) is 15.4 Å². The summed E-state index contributed by atoms with van der Waals surface area (Å²) in [4.78, 5) is 43.3. The van der Waals surface area contributed by atoms with E-state index in [1.807, 2.05) is 6.07 Å². The lowest BCUT2D eigenvalue weighted by Crippen LogP contribution is -2.48. The number of rotatable bonds is 7. The zero-order chi connectivity index (χ0) is 25.4. The number of hydrogen-bond donors (Lipinski definition) is 1. The normalized spacial score (nSPS) is 20.4. The fourth-order valence-electron chi connectivity index (χ4n) is 4.57. The number of hydrogen-bond acceptors (Lipinski definition) is 6. The second kappa shape index (κ2) is 9.63. The number of alkyl halides is 1. The van der Waals surface area contributed by atoms with Gasteiger partial charge >= 0.3 is 5.76 Å². The molecule has 188 valence electrons. The maximum Gasteiger partial charge on any atom is 0.437 e. The smallest absolute Gasteiger partial charge is 0.393 e. The van der Waals surface area contributed by atoms with Crippen LogP contribution in [-0.2, 0) is 16.1 Å². The van der Waals surface area contributed by atoms with Crippen LogP contribution < -0.4 is 11.1 Å². The zero-order valence-electron chi connectivity index (χ0n) is 19.6. The molecule has 0 bridgehead atoms. The number of nitrogens with one attached hydrogen (secondary N) is 1. The first-order valence-electron chi connectivity index (χ1n) is 11.8. The maximum absolute atomic E-state index is 14.7. The number of carbonyl (C=O) groups is 2. The van der Waals surface area contributed by atoms with Crippen LogP contribution in [0.25, 0.3) is 0 Å². The molecular weight excluding hydrogens is 472 g/mol. The molecule has 3 heterocycles. The molecule has 3 aromatic rings. The summed E-state index contributed by atoms with van der Waals surface area (Å²) in [5, 5.41) is 6.66. The van der Waals surface area contributed by atoms with Gasteiger partial charge in [-0.15, -0.1) is 5.10 Å². The molecule has 1 N–H and O–H groups in total. The second-order valence-corrected chi connectivity index (χ2v) is 9.18. The summed E-state index contributed by atoms with van der Waals surface area (Å²) < 4.78 is 34.8. The van der Waals surface area contributed by atoms with Gasteiger partial charge in [0.25, 0.3) is 0 Å². The molecule has 0 spiro atoms. The number of likely N-dealkylation sites (tertiary alicyclic amines) is 1. The lowest BCUT2D eigenvalue weighted by Gasteiger charge is -2.26. The molecule has 1 aromatic carbocycles. The van der Waals surface area contributed by atoms with Crippen LogP contribution in [0.4, 0.5) is 8.78 Å². The summed E-state index contributed by atoms with van der Waals surface area (Å²) in [6.07, 6.45) is 0.234. The van der Waals surface area contributed by atoms with Gasteiger partial charge in [0.1, 0.15) is 18.8 Å². The fourth-order valence-corrected chi connectivity index (χ4v) is 4.57. The van der Waals surface area contributed by atoms with E-state index >= 15 is 0 Å². The number of aromatic nitrogens is 3. The molecule has 2 amide bonds. The molecule has 2 aliphatic rings. The minimum absolute atomic E-state index is 0.0880. The van der Waals surface area contributed by atoms with E-state index in [0.717, 1.165) is 22.4 Å². The summed E-state index contributed by atoms with van der Waals surface area (Å²) in [6.45, 7) is 0.690. The Morgan fingerprint density at radius 2 is 1.94 bits per heavy atom. The Hall–Kier alpha value is -3.89. The van der Waals surface area contributed by atoms with E-state index in [-0.39, 0.29) is 24.8 Å². The van der Waals surface area contributed by atoms with Crippen LogP contribution in [-0.4, -0.2) is 50.2 Å². The summed E-state index contributed by atoms with van der Waals surface area (Å²) in [5.74, 6) is -2.36. The van der Waals surface area contributed by atoms with E-state index in [4.69, 9.17) is 4.42 Å². The number of nitrogens with zero attached hydrogens (tertiary/aromatic N) is 4. The van der Waals surface area contributed by atoms with Gasteiger partial charge < -0.3 is 14.6 Å². The zero-order valence-corrected chi connectivity index (χ0v) is 19.6. The monoisotopic (exact) mass is 497 g/mol. The molecular formula is C25H25F2N5O4. The van der Waals surface area contributed by atoms with Crippen LogP contribution >= 0.6 is 0 Å². The van der Waals surface area contributed by atoms with Crippen LogP contribution in [0, 0.1) is 12.9 Å². The Bertz CT molecular complexity index is 1340. The third-order valence-corrected chi connectivity index (χ3v) is 6.50. The number of carbonyl (C=O) groups excluding carboxylic acids is 2. The van der Waals surface area contributed by atoms with Crippen LogP contribution in [0.2, 0.25) is 0 Å². The molecule has 2 aromatic heterocycles. The molecule has 2 fully saturated rings. The Morgan fingerprint density at radius 1 is 1.19 bits per heavy atom. The SMILES string of the molecule is Cc1nn(CC(=O)N2CC(F)CC2C(=O)NC(c2ccccc2)c2ccc(C3CC3)c(F)n2)c(=O)o1. The second-order valence-electron chi connectivity index (χ2n) is 9.18. The van der Waals surface area contributed by atoms with Crippen molar-refractivity contribution < 1.29 is 22.8 Å². The number of benzene rings is 1. The summed E-state index contributed by atoms with van der Waals surface area (Å²) in [5.41, 5.74) is 1.52. The van der Waals surface area contributed by atoms with Crippen molar-refractivity contribution >= 4 is 11.8 Å². The highest BCUT2D eigenvalue weighted by Crippen LogP contribution is 2.41. The van der Waals surface area contributed by atoms with Crippen molar-refractivity contribution in [3.05, 3.63) is 81.7 Å². The van der Waals surface area contributed by atoms with Crippen molar-refractivity contribution in [2.75, 3.05) is 6.54 Å². The maximum atomic E-state index is 14.7. The molecule has 1 aliphatic carbocycles. The number of aryl methyl sites for hydroxylation is 1. The van der Waals surface area contributed by atoms with E-state index in [9.17, 15) is 23.2 Å². The first kappa shape index (κ1) is 23.8. The molecule has 1 saturated heterocycles. The molecule has 0 radical (unpaired) electrons. The predicted octanol–water partition coefficient (Wildman–Crippen LogP) is 2.40. The fraction of sp³-hybridized carbons (Fsp3) is 0.400. The van der Waals surface area contributed by atoms with Crippen LogP contribution in [0.15, 0.2) is 51.7 Å². The van der Waals surface area contributed by atoms with Gasteiger partial charge in [-0.25, -0.2) is 14.2 Å². The third kappa shape index (κ3) is 4.91. The minimum atomic E-state index is -1.41. The third-order valence-electron chi connectivity index (χ3n) is 6.50. The average molecular weight is 498 g/mol. The lowest BCUT2D eigenvalue weighted by atomic mass is 10.0. The van der Waals surface area contributed by atoms with Gasteiger partial charge in [-0.05, 0) is 30.4 Å². The molecule has 36 heavy (non-hydrogen) atoms. The lowest BCUT2D eigenvalue weighted by molar-refractivity contribution is -0.139. The van der Waals surface area contributed by atoms with Crippen molar-refractivity contribution in [2.24, 2.45) is 0 Å². The van der Waals surface area contributed by atoms with Gasteiger partial charge in [0, 0.05) is 18.9 Å². The van der Waals surface area contributed by atoms with Gasteiger partial charge in [0.05, 0.1) is 18.3 Å². The Morgan fingerprint density at radius 3 is 2.58 bits per heavy atom. The van der Waals surface area contributed by atoms with E-state index < -0.39 is 48.3 Å². The van der Waals surface area contributed by atoms with Gasteiger partial charge in [0.2, 0.25) is 23.7 Å². The standard InChI is InChI=1S/C25H25F2N5O4/c1-14-30-32(25(35)36-14)13-21(33)31-12-17(26)11-20(31)24(34)29-22(16-5-3-2-4-6-16)19-10-9-18(15-7-8-15)23(27)28-19/h2-6,9-10,15,17,20,22H,7-8,11-13H2,1H3,(H,29,34). The van der Waals surface area contributed by atoms with Gasteiger partial charge in [-0.2, -0.15) is 9.07 Å². The summed E-state index contributed by atoms with van der Waals surface area (Å²) in [6, 6.07) is 10.4. The number of amides is 2. The average Bonchev–Trinajstić information content (AvgIpc) is 3.54. The Kier molecular flexibility index (Phi) is 6.38. The van der Waals surface area contributed by atoms with Crippen molar-refractivity contribution in [3.63, 3.8) is 0 Å².